The fraction of sp³-hybridized carbons (Fsp3) is 0.412. The number of guanidine groups is 1. The topological polar surface area (TPSA) is 54.2 Å². The molecule has 0 radical (unpaired) electrons. The minimum Gasteiger partial charge on any atom is -0.356 e. The third-order valence-electron chi connectivity index (χ3n) is 4.28. The van der Waals surface area contributed by atoms with Gasteiger partial charge in [0.05, 0.1) is 6.20 Å². The van der Waals surface area contributed by atoms with Crippen LogP contribution in [0, 0.1) is 0 Å². The molecule has 1 aliphatic carbocycles. The predicted molar refractivity (Wildman–Crippen MR) is 88.8 cm³/mol. The van der Waals surface area contributed by atoms with Crippen molar-refractivity contribution in [3.8, 4) is 0 Å². The van der Waals surface area contributed by atoms with Crippen molar-refractivity contribution < 1.29 is 0 Å². The second kappa shape index (κ2) is 6.22. The lowest BCUT2D eigenvalue weighted by molar-refractivity contribution is 0.645. The van der Waals surface area contributed by atoms with Crippen LogP contribution in [-0.4, -0.2) is 29.3 Å². The van der Waals surface area contributed by atoms with Crippen LogP contribution < -0.4 is 10.6 Å². The second-order valence-electron chi connectivity index (χ2n) is 5.95. The Morgan fingerprint density at radius 2 is 2.05 bits per heavy atom. The van der Waals surface area contributed by atoms with Crippen molar-refractivity contribution >= 4 is 5.96 Å². The highest BCUT2D eigenvalue weighted by atomic mass is 15.2. The third kappa shape index (κ3) is 3.30. The van der Waals surface area contributed by atoms with Gasteiger partial charge in [-0.15, -0.1) is 0 Å². The number of aromatic nitrogens is 2. The molecule has 0 atom stereocenters. The molecule has 2 aromatic rings. The molecule has 0 unspecified atom stereocenters. The van der Waals surface area contributed by atoms with E-state index in [1.54, 1.807) is 7.05 Å². The van der Waals surface area contributed by atoms with Gasteiger partial charge in [0.25, 0.3) is 0 Å². The minimum absolute atomic E-state index is 0.285. The van der Waals surface area contributed by atoms with Crippen molar-refractivity contribution in [1.82, 2.24) is 20.4 Å². The molecule has 0 saturated heterocycles. The van der Waals surface area contributed by atoms with Gasteiger partial charge in [-0.05, 0) is 18.4 Å². The van der Waals surface area contributed by atoms with E-state index in [0.717, 1.165) is 24.6 Å². The number of nitrogens with one attached hydrogen (secondary N) is 2. The van der Waals surface area contributed by atoms with E-state index in [4.69, 9.17) is 0 Å². The number of rotatable bonds is 5. The molecule has 22 heavy (non-hydrogen) atoms. The van der Waals surface area contributed by atoms with Crippen LogP contribution in [0.4, 0.5) is 0 Å². The summed E-state index contributed by atoms with van der Waals surface area (Å²) >= 11 is 0. The molecule has 0 aliphatic heterocycles. The zero-order valence-corrected chi connectivity index (χ0v) is 13.2. The summed E-state index contributed by atoms with van der Waals surface area (Å²) in [6.07, 6.45) is 6.35. The van der Waals surface area contributed by atoms with Crippen LogP contribution in [0.3, 0.4) is 0 Å². The Kier molecular flexibility index (Phi) is 4.13. The van der Waals surface area contributed by atoms with E-state index in [0.29, 0.717) is 0 Å². The zero-order chi connectivity index (χ0) is 15.4. The SMILES string of the molecule is CN=C(NCc1cnn(C)c1)NCC1(c2ccccc2)CC1. The van der Waals surface area contributed by atoms with Crippen LogP contribution in [0.2, 0.25) is 0 Å². The summed E-state index contributed by atoms with van der Waals surface area (Å²) in [6.45, 7) is 1.65. The first-order valence-corrected chi connectivity index (χ1v) is 7.69. The summed E-state index contributed by atoms with van der Waals surface area (Å²) in [5, 5.41) is 11.0. The molecule has 1 saturated carbocycles. The Morgan fingerprint density at radius 3 is 2.64 bits per heavy atom. The van der Waals surface area contributed by atoms with Gasteiger partial charge in [0.1, 0.15) is 0 Å². The molecule has 2 N–H and O–H groups in total. The van der Waals surface area contributed by atoms with Gasteiger partial charge in [-0.2, -0.15) is 5.10 Å². The monoisotopic (exact) mass is 297 g/mol. The van der Waals surface area contributed by atoms with E-state index >= 15 is 0 Å². The second-order valence-corrected chi connectivity index (χ2v) is 5.95. The molecule has 1 fully saturated rings. The van der Waals surface area contributed by atoms with Gasteiger partial charge < -0.3 is 10.6 Å². The average Bonchev–Trinajstić information content (AvgIpc) is 3.24. The fourth-order valence-corrected chi connectivity index (χ4v) is 2.73. The lowest BCUT2D eigenvalue weighted by Gasteiger charge is -2.18. The minimum atomic E-state index is 0.285. The molecule has 1 aromatic heterocycles. The number of aliphatic imine (C=N–C) groups is 1. The van der Waals surface area contributed by atoms with Crippen molar-refractivity contribution in [3.63, 3.8) is 0 Å². The molecule has 0 amide bonds. The number of nitrogens with zero attached hydrogens (tertiary/aromatic N) is 3. The predicted octanol–water partition coefficient (Wildman–Crippen LogP) is 1.82. The Hall–Kier alpha value is -2.30. The number of benzene rings is 1. The van der Waals surface area contributed by atoms with Crippen LogP contribution >= 0.6 is 0 Å². The molecule has 1 aromatic carbocycles. The van der Waals surface area contributed by atoms with Gasteiger partial charge in [0, 0.05) is 44.4 Å². The van der Waals surface area contributed by atoms with Crippen LogP contribution in [0.5, 0.6) is 0 Å². The smallest absolute Gasteiger partial charge is 0.191 e. The molecule has 116 valence electrons. The van der Waals surface area contributed by atoms with E-state index in [9.17, 15) is 0 Å². The number of aryl methyl sites for hydroxylation is 1. The fourth-order valence-electron chi connectivity index (χ4n) is 2.73. The summed E-state index contributed by atoms with van der Waals surface area (Å²) in [5.41, 5.74) is 2.85. The summed E-state index contributed by atoms with van der Waals surface area (Å²) in [5.74, 6) is 0.839. The standard InChI is InChI=1S/C17H23N5/c1-18-16(19-10-14-11-21-22(2)12-14)20-13-17(8-9-17)15-6-4-3-5-7-15/h3-7,11-12H,8-10,13H2,1-2H3,(H2,18,19,20). The number of hydrogen-bond donors (Lipinski definition) is 2. The molecular formula is C17H23N5. The molecule has 3 rings (SSSR count). The maximum absolute atomic E-state index is 4.30. The lowest BCUT2D eigenvalue weighted by atomic mass is 9.96. The van der Waals surface area contributed by atoms with Crippen molar-refractivity contribution in [1.29, 1.82) is 0 Å². The van der Waals surface area contributed by atoms with Crippen molar-refractivity contribution in [2.24, 2.45) is 12.0 Å². The quantitative estimate of drug-likeness (QED) is 0.654. The Labute approximate surface area is 131 Å². The molecule has 5 heteroatoms. The van der Waals surface area contributed by atoms with Gasteiger partial charge in [0.15, 0.2) is 5.96 Å². The largest absolute Gasteiger partial charge is 0.356 e. The normalized spacial score (nSPS) is 16.4. The van der Waals surface area contributed by atoms with Crippen LogP contribution in [0.15, 0.2) is 47.7 Å². The van der Waals surface area contributed by atoms with Crippen LogP contribution in [-0.2, 0) is 19.0 Å². The van der Waals surface area contributed by atoms with Gasteiger partial charge in [-0.3, -0.25) is 9.67 Å². The van der Waals surface area contributed by atoms with Crippen molar-refractivity contribution in [2.75, 3.05) is 13.6 Å². The van der Waals surface area contributed by atoms with Gasteiger partial charge in [-0.25, -0.2) is 0 Å². The first kappa shape index (κ1) is 14.6. The highest BCUT2D eigenvalue weighted by Gasteiger charge is 2.43. The Bertz CT molecular complexity index is 640. The zero-order valence-electron chi connectivity index (χ0n) is 13.2. The summed E-state index contributed by atoms with van der Waals surface area (Å²) < 4.78 is 1.81. The maximum atomic E-state index is 4.30. The van der Waals surface area contributed by atoms with Gasteiger partial charge in [-0.1, -0.05) is 30.3 Å². The van der Waals surface area contributed by atoms with E-state index in [-0.39, 0.29) is 5.41 Å². The van der Waals surface area contributed by atoms with E-state index in [1.807, 2.05) is 24.1 Å². The molecule has 5 nitrogen and oxygen atoms in total. The molecule has 0 bridgehead atoms. The summed E-state index contributed by atoms with van der Waals surface area (Å²) in [7, 11) is 3.73. The Morgan fingerprint density at radius 1 is 1.27 bits per heavy atom. The van der Waals surface area contributed by atoms with E-state index < -0.39 is 0 Å². The summed E-state index contributed by atoms with van der Waals surface area (Å²) in [4.78, 5) is 4.30. The molecular weight excluding hydrogens is 274 g/mol. The van der Waals surface area contributed by atoms with E-state index in [2.05, 4.69) is 51.1 Å². The molecule has 0 spiro atoms. The third-order valence-corrected chi connectivity index (χ3v) is 4.28. The van der Waals surface area contributed by atoms with Crippen molar-refractivity contribution in [3.05, 3.63) is 53.9 Å². The van der Waals surface area contributed by atoms with Gasteiger partial charge in [0.2, 0.25) is 0 Å². The van der Waals surface area contributed by atoms with E-state index in [1.165, 1.54) is 18.4 Å². The lowest BCUT2D eigenvalue weighted by Crippen LogP contribution is -2.40. The van der Waals surface area contributed by atoms with Crippen LogP contribution in [0.25, 0.3) is 0 Å². The molecule has 1 aliphatic rings. The first-order chi connectivity index (χ1) is 10.7. The average molecular weight is 297 g/mol. The summed E-state index contributed by atoms with van der Waals surface area (Å²) in [6, 6.07) is 10.7. The van der Waals surface area contributed by atoms with Crippen LogP contribution in [0.1, 0.15) is 24.0 Å². The first-order valence-electron chi connectivity index (χ1n) is 7.69. The highest BCUT2D eigenvalue weighted by molar-refractivity contribution is 5.79. The Balaban J connectivity index is 1.53. The van der Waals surface area contributed by atoms with Gasteiger partial charge >= 0.3 is 0 Å². The molecule has 1 heterocycles. The number of hydrogen-bond acceptors (Lipinski definition) is 2. The highest BCUT2D eigenvalue weighted by Crippen LogP contribution is 2.47. The van der Waals surface area contributed by atoms with Crippen molar-refractivity contribution in [2.45, 2.75) is 24.8 Å². The maximum Gasteiger partial charge on any atom is 0.191 e.